The summed E-state index contributed by atoms with van der Waals surface area (Å²) in [6.45, 7) is 0. The van der Waals surface area contributed by atoms with Crippen LogP contribution in [0.5, 0.6) is 0 Å². The van der Waals surface area contributed by atoms with Gasteiger partial charge in [-0.1, -0.05) is 77.2 Å². The standard InChI is InChI=1S/C21H15ClN4O3S3/c22-16-11-5-4-10-15(16)19(27)23-20-24-25-21(31-20)32(28,29)26-17-12-6-7-13-18(17)30-14-8-2-1-3-9-14/h1-13,26H,(H,23,24,27). The second kappa shape index (κ2) is 9.70. The molecule has 0 spiro atoms. The van der Waals surface area contributed by atoms with Crippen molar-refractivity contribution in [1.29, 1.82) is 0 Å². The normalized spacial score (nSPS) is 11.2. The molecule has 0 unspecified atom stereocenters. The van der Waals surface area contributed by atoms with Gasteiger partial charge in [-0.05, 0) is 36.4 Å². The molecule has 32 heavy (non-hydrogen) atoms. The van der Waals surface area contributed by atoms with Crippen molar-refractivity contribution in [1.82, 2.24) is 10.2 Å². The lowest BCUT2D eigenvalue weighted by Crippen LogP contribution is -2.13. The van der Waals surface area contributed by atoms with Gasteiger partial charge in [0, 0.05) is 9.79 Å². The highest BCUT2D eigenvalue weighted by Crippen LogP contribution is 2.34. The van der Waals surface area contributed by atoms with E-state index in [1.807, 2.05) is 42.5 Å². The number of halogens is 1. The predicted octanol–water partition coefficient (Wildman–Crippen LogP) is 5.40. The number of hydrogen-bond donors (Lipinski definition) is 2. The molecule has 7 nitrogen and oxygen atoms in total. The summed E-state index contributed by atoms with van der Waals surface area (Å²) in [5.41, 5.74) is 0.664. The summed E-state index contributed by atoms with van der Waals surface area (Å²) in [5, 5.41) is 10.4. The zero-order valence-corrected chi connectivity index (χ0v) is 19.4. The van der Waals surface area contributed by atoms with Crippen molar-refractivity contribution >= 4 is 61.4 Å². The first kappa shape index (κ1) is 22.3. The Labute approximate surface area is 197 Å². The summed E-state index contributed by atoms with van der Waals surface area (Å²) in [7, 11) is -4.01. The number of nitrogens with one attached hydrogen (secondary N) is 2. The van der Waals surface area contributed by atoms with E-state index in [0.29, 0.717) is 5.69 Å². The Bertz CT molecular complexity index is 1360. The molecule has 4 rings (SSSR count). The van der Waals surface area contributed by atoms with Crippen LogP contribution in [0.4, 0.5) is 10.8 Å². The Kier molecular flexibility index (Phi) is 6.75. The average Bonchev–Trinajstić information content (AvgIpc) is 3.25. The smallest absolute Gasteiger partial charge is 0.291 e. The molecule has 0 aliphatic rings. The summed E-state index contributed by atoms with van der Waals surface area (Å²) < 4.78 is 28.1. The molecular formula is C21H15ClN4O3S3. The van der Waals surface area contributed by atoms with Gasteiger partial charge in [-0.15, -0.1) is 10.2 Å². The minimum atomic E-state index is -4.01. The molecule has 0 fully saturated rings. The van der Waals surface area contributed by atoms with Gasteiger partial charge in [0.25, 0.3) is 20.3 Å². The molecule has 1 aromatic heterocycles. The highest BCUT2D eigenvalue weighted by molar-refractivity contribution is 7.99. The van der Waals surface area contributed by atoms with Crippen molar-refractivity contribution in [3.05, 3.63) is 89.4 Å². The highest BCUT2D eigenvalue weighted by atomic mass is 35.5. The van der Waals surface area contributed by atoms with Gasteiger partial charge in [0.2, 0.25) is 5.13 Å². The summed E-state index contributed by atoms with van der Waals surface area (Å²) >= 11 is 8.20. The summed E-state index contributed by atoms with van der Waals surface area (Å²) in [5.74, 6) is -0.506. The monoisotopic (exact) mass is 502 g/mol. The van der Waals surface area contributed by atoms with Crippen molar-refractivity contribution in [2.45, 2.75) is 14.1 Å². The molecule has 0 saturated carbocycles. The van der Waals surface area contributed by atoms with Gasteiger partial charge < -0.3 is 0 Å². The first-order valence-electron chi connectivity index (χ1n) is 9.16. The maximum absolute atomic E-state index is 12.9. The molecule has 0 atom stereocenters. The fourth-order valence-electron chi connectivity index (χ4n) is 2.62. The van der Waals surface area contributed by atoms with E-state index in [0.717, 1.165) is 21.1 Å². The first-order chi connectivity index (χ1) is 15.4. The van der Waals surface area contributed by atoms with Crippen molar-refractivity contribution in [2.24, 2.45) is 0 Å². The first-order valence-corrected chi connectivity index (χ1v) is 12.7. The van der Waals surface area contributed by atoms with Crippen molar-refractivity contribution in [3.8, 4) is 0 Å². The van der Waals surface area contributed by atoms with E-state index in [1.54, 1.807) is 36.4 Å². The Balaban J connectivity index is 1.51. The largest absolute Gasteiger partial charge is 0.296 e. The number of benzene rings is 3. The fourth-order valence-corrected chi connectivity index (χ4v) is 5.81. The van der Waals surface area contributed by atoms with Crippen LogP contribution in [0.2, 0.25) is 5.02 Å². The molecule has 3 aromatic carbocycles. The van der Waals surface area contributed by atoms with E-state index >= 15 is 0 Å². The molecule has 0 saturated heterocycles. The van der Waals surface area contributed by atoms with E-state index in [4.69, 9.17) is 11.6 Å². The number of amides is 1. The third-order valence-electron chi connectivity index (χ3n) is 4.08. The van der Waals surface area contributed by atoms with Crippen LogP contribution in [0.3, 0.4) is 0 Å². The lowest BCUT2D eigenvalue weighted by molar-refractivity contribution is 0.102. The molecule has 1 amide bonds. The SMILES string of the molecule is O=C(Nc1nnc(S(=O)(=O)Nc2ccccc2Sc2ccccc2)s1)c1ccccc1Cl. The maximum atomic E-state index is 12.9. The molecule has 4 aromatic rings. The molecule has 11 heteroatoms. The topological polar surface area (TPSA) is 101 Å². The number of carbonyl (C=O) groups excluding carboxylic acids is 1. The van der Waals surface area contributed by atoms with Crippen LogP contribution in [-0.2, 0) is 10.0 Å². The molecule has 0 aliphatic carbocycles. The summed E-state index contributed by atoms with van der Waals surface area (Å²) in [6, 6.07) is 23.2. The number of carbonyl (C=O) groups is 1. The van der Waals surface area contributed by atoms with Crippen LogP contribution in [0.25, 0.3) is 0 Å². The second-order valence-electron chi connectivity index (χ2n) is 6.32. The van der Waals surface area contributed by atoms with Gasteiger partial charge in [0.05, 0.1) is 16.3 Å². The molecule has 162 valence electrons. The van der Waals surface area contributed by atoms with Crippen LogP contribution in [0.1, 0.15) is 10.4 Å². The molecule has 2 N–H and O–H groups in total. The van der Waals surface area contributed by atoms with Crippen LogP contribution in [0.15, 0.2) is 93.0 Å². The molecular weight excluding hydrogens is 488 g/mol. The zero-order valence-electron chi connectivity index (χ0n) is 16.2. The van der Waals surface area contributed by atoms with Crippen LogP contribution in [0, 0.1) is 0 Å². The number of aromatic nitrogens is 2. The molecule has 1 heterocycles. The molecule has 0 bridgehead atoms. The van der Waals surface area contributed by atoms with Crippen LogP contribution >= 0.6 is 34.7 Å². The number of sulfonamides is 1. The van der Waals surface area contributed by atoms with E-state index in [-0.39, 0.29) is 20.1 Å². The zero-order chi connectivity index (χ0) is 22.6. The lowest BCUT2D eigenvalue weighted by atomic mass is 10.2. The molecule has 0 radical (unpaired) electrons. The number of hydrogen-bond acceptors (Lipinski definition) is 7. The summed E-state index contributed by atoms with van der Waals surface area (Å²) in [4.78, 5) is 14.1. The third kappa shape index (κ3) is 5.28. The van der Waals surface area contributed by atoms with Gasteiger partial charge in [-0.2, -0.15) is 8.42 Å². The second-order valence-corrected chi connectivity index (χ2v) is 10.7. The minimum Gasteiger partial charge on any atom is -0.296 e. The Morgan fingerprint density at radius 1 is 0.906 bits per heavy atom. The number of nitrogens with zero attached hydrogens (tertiary/aromatic N) is 2. The van der Waals surface area contributed by atoms with Gasteiger partial charge in [0.15, 0.2) is 0 Å². The molecule has 0 aliphatic heterocycles. The Morgan fingerprint density at radius 2 is 1.59 bits per heavy atom. The quantitative estimate of drug-likeness (QED) is 0.328. The fraction of sp³-hybridized carbons (Fsp3) is 0. The van der Waals surface area contributed by atoms with Crippen molar-refractivity contribution in [3.63, 3.8) is 0 Å². The predicted molar refractivity (Wildman–Crippen MR) is 127 cm³/mol. The van der Waals surface area contributed by atoms with Gasteiger partial charge in [0.1, 0.15) is 0 Å². The third-order valence-corrected chi connectivity index (χ3v) is 8.06. The van der Waals surface area contributed by atoms with E-state index in [2.05, 4.69) is 20.2 Å². The van der Waals surface area contributed by atoms with E-state index in [1.165, 1.54) is 11.8 Å². The Hall–Kier alpha value is -2.92. The highest BCUT2D eigenvalue weighted by Gasteiger charge is 2.23. The summed E-state index contributed by atoms with van der Waals surface area (Å²) in [6.07, 6.45) is 0. The van der Waals surface area contributed by atoms with Crippen molar-refractivity contribution < 1.29 is 13.2 Å². The number of anilines is 2. The van der Waals surface area contributed by atoms with Crippen LogP contribution in [-0.4, -0.2) is 24.5 Å². The average molecular weight is 503 g/mol. The van der Waals surface area contributed by atoms with Gasteiger partial charge in [-0.25, -0.2) is 0 Å². The van der Waals surface area contributed by atoms with Gasteiger partial charge in [-0.3, -0.25) is 14.8 Å². The minimum absolute atomic E-state index is 0.0437. The van der Waals surface area contributed by atoms with Gasteiger partial charge >= 0.3 is 0 Å². The number of rotatable bonds is 7. The van der Waals surface area contributed by atoms with Crippen LogP contribution < -0.4 is 10.0 Å². The number of para-hydroxylation sites is 1. The Morgan fingerprint density at radius 3 is 2.38 bits per heavy atom. The lowest BCUT2D eigenvalue weighted by Gasteiger charge is -2.10. The van der Waals surface area contributed by atoms with Crippen molar-refractivity contribution in [2.75, 3.05) is 10.0 Å². The maximum Gasteiger partial charge on any atom is 0.291 e. The van der Waals surface area contributed by atoms with E-state index < -0.39 is 15.9 Å². The van der Waals surface area contributed by atoms with E-state index in [9.17, 15) is 13.2 Å².